The lowest BCUT2D eigenvalue weighted by molar-refractivity contribution is -0.374. The number of ether oxygens (including phenoxy) is 6. The molecule has 0 bridgehead atoms. The predicted octanol–water partition coefficient (Wildman–Crippen LogP) is -4.38. The van der Waals surface area contributed by atoms with E-state index >= 15 is 0 Å². The second-order valence-corrected chi connectivity index (χ2v) is 11.9. The monoisotopic (exact) mass is 878 g/mol. The molecule has 3 rings (SSSR count). The number of hydrogen-bond donors (Lipinski definition) is 7. The zero-order chi connectivity index (χ0) is 42.9. The molecule has 1 atom stereocenters. The molecule has 1 unspecified atom stereocenters. The van der Waals surface area contributed by atoms with Crippen molar-refractivity contribution in [1.29, 1.82) is 0 Å². The molecule has 21 heteroatoms. The van der Waals surface area contributed by atoms with Crippen LogP contribution in [-0.2, 0) is 38.0 Å². The Morgan fingerprint density at radius 1 is 0.793 bits per heavy atom. The largest absolute Gasteiger partial charge is 1.00 e. The van der Waals surface area contributed by atoms with Crippen molar-refractivity contribution in [2.75, 3.05) is 138 Å². The fourth-order valence-corrected chi connectivity index (χ4v) is 4.51. The number of halogens is 2. The Morgan fingerprint density at radius 3 is 1.71 bits per heavy atom. The highest BCUT2D eigenvalue weighted by Crippen LogP contribution is 2.22. The number of imide groups is 1. The van der Waals surface area contributed by atoms with Crippen LogP contribution in [0.1, 0.15) is 53.3 Å². The maximum Gasteiger partial charge on any atom is 0.332 e. The highest BCUT2D eigenvalue weighted by Gasteiger charge is 2.35. The first-order valence-corrected chi connectivity index (χ1v) is 19.6. The smallest absolute Gasteiger partial charge is 0.332 e. The predicted molar refractivity (Wildman–Crippen MR) is 210 cm³/mol. The third-order valence-electron chi connectivity index (χ3n) is 7.11. The molecule has 0 radical (unpaired) electrons. The topological polar surface area (TPSA) is 285 Å². The Kier molecular flexibility index (Phi) is 45.3. The number of benzene rings is 1. The highest BCUT2D eigenvalue weighted by molar-refractivity contribution is 6.21. The second-order valence-electron chi connectivity index (χ2n) is 11.5. The van der Waals surface area contributed by atoms with Crippen LogP contribution in [0, 0.1) is 0 Å². The molecule has 1 aromatic carbocycles. The first-order valence-electron chi connectivity index (χ1n) is 19.1. The van der Waals surface area contributed by atoms with Crippen LogP contribution in [0.4, 0.5) is 0 Å². The molecule has 1 aromatic rings. The minimum Gasteiger partial charge on any atom is -1.00 e. The van der Waals surface area contributed by atoms with Crippen LogP contribution < -0.4 is 23.9 Å². The number of fused-ring (bicyclic) bond motifs is 1. The van der Waals surface area contributed by atoms with E-state index in [1.165, 1.54) is 0 Å². The van der Waals surface area contributed by atoms with E-state index in [-0.39, 0.29) is 51.1 Å². The van der Waals surface area contributed by atoms with Crippen molar-refractivity contribution in [2.45, 2.75) is 38.7 Å². The summed E-state index contributed by atoms with van der Waals surface area (Å²) in [5, 5.41) is 42.7. The van der Waals surface area contributed by atoms with Crippen molar-refractivity contribution in [3.63, 3.8) is 0 Å². The molecule has 0 aliphatic carbocycles. The fraction of sp³-hybridized carbons (Fsp3) is 0.730. The van der Waals surface area contributed by atoms with Gasteiger partial charge in [-0.2, -0.15) is 0 Å². The van der Waals surface area contributed by atoms with Gasteiger partial charge in [-0.15, -0.1) is 11.6 Å². The number of carbonyl (C=O) groups is 4. The summed E-state index contributed by atoms with van der Waals surface area (Å²) >= 11 is 5.34. The summed E-state index contributed by atoms with van der Waals surface area (Å²) in [5.41, 5.74) is 9.45. The third-order valence-corrected chi connectivity index (χ3v) is 7.26. The zero-order valence-corrected chi connectivity index (χ0v) is 35.3. The molecule has 19 nitrogen and oxygen atoms in total. The molecule has 2 heterocycles. The normalized spacial score (nSPS) is 13.1. The standard InChI is InChI=1S/C12H11NO5.C7H13NO2.C6H13ClO3.C6H16N2O2.C6H14O3.ClH/c14-9(12(17)18)5-6-13-10(15)7-3-1-2-4-8(7)11(13)16;9-6-2-5-8-4-1-3-7(8)10;2*7-1-3-9-5-6-10-4-2-8;1-2-8-5-6-9-4-3-7;/h1-4,9,14H,5-6H2,(H,17,18);9H,1-6H2;8H,1-6H2;1-8H2;7H,2-6H2,1H3;1H. The van der Waals surface area contributed by atoms with Crippen molar-refractivity contribution in [2.24, 2.45) is 5.73 Å². The van der Waals surface area contributed by atoms with E-state index in [0.717, 1.165) is 37.6 Å². The van der Waals surface area contributed by atoms with E-state index in [0.29, 0.717) is 109 Å². The average Bonchev–Trinajstić information content (AvgIpc) is 3.74. The number of likely N-dealkylation sites (tertiary alicyclic amines) is 1. The van der Waals surface area contributed by atoms with Gasteiger partial charge in [0.25, 0.3) is 11.8 Å². The van der Waals surface area contributed by atoms with Crippen molar-refractivity contribution in [3.05, 3.63) is 35.4 Å². The first kappa shape index (κ1) is 59.7. The summed E-state index contributed by atoms with van der Waals surface area (Å²) in [5.74, 6) is -1.51. The van der Waals surface area contributed by atoms with Gasteiger partial charge < -0.3 is 82.7 Å². The molecule has 58 heavy (non-hydrogen) atoms. The summed E-state index contributed by atoms with van der Waals surface area (Å²) in [6, 6.07) is 6.39. The molecule has 0 aromatic heterocycles. The maximum atomic E-state index is 11.9. The van der Waals surface area contributed by atoms with Gasteiger partial charge in [0.15, 0.2) is 6.10 Å². The van der Waals surface area contributed by atoms with Crippen molar-refractivity contribution >= 4 is 35.3 Å². The van der Waals surface area contributed by atoms with Crippen LogP contribution in [0.2, 0.25) is 0 Å². The first-order chi connectivity index (χ1) is 27.6. The van der Waals surface area contributed by atoms with E-state index in [2.05, 4.69) is 5.73 Å². The minimum absolute atomic E-state index is 0. The number of carboxylic acids is 1. The molecule has 1 fully saturated rings. The van der Waals surface area contributed by atoms with Crippen molar-refractivity contribution in [3.8, 4) is 0 Å². The SMILES string of the molecule is CCOCCOCCO.NCCOCCOCC[NH3+].O=C(O)C(O)CCN1C(=O)c2ccccc2C1=O.O=C1CCCN1CCCO.OCCOCCOCCCl.[Cl-]. The molecule has 0 spiro atoms. The number of nitrogens with two attached hydrogens (primary N) is 1. The van der Waals surface area contributed by atoms with E-state index < -0.39 is 23.9 Å². The molecule has 3 amide bonds. The minimum atomic E-state index is -1.57. The van der Waals surface area contributed by atoms with Gasteiger partial charge in [-0.3, -0.25) is 19.3 Å². The number of alkyl halides is 1. The molecule has 340 valence electrons. The Balaban J connectivity index is -0.000000672. The summed E-state index contributed by atoms with van der Waals surface area (Å²) in [6.07, 6.45) is 0.650. The van der Waals surface area contributed by atoms with Crippen molar-refractivity contribution in [1.82, 2.24) is 9.80 Å². The van der Waals surface area contributed by atoms with E-state index in [9.17, 15) is 19.2 Å². The summed E-state index contributed by atoms with van der Waals surface area (Å²) in [7, 11) is 0. The van der Waals surface area contributed by atoms with E-state index in [1.807, 2.05) is 11.8 Å². The summed E-state index contributed by atoms with van der Waals surface area (Å²) in [4.78, 5) is 47.9. The molecule has 0 saturated carbocycles. The van der Waals surface area contributed by atoms with Crippen LogP contribution in [-0.4, -0.2) is 203 Å². The van der Waals surface area contributed by atoms with Crippen LogP contribution in [0.3, 0.4) is 0 Å². The van der Waals surface area contributed by atoms with Crippen LogP contribution in [0.25, 0.3) is 0 Å². The lowest BCUT2D eigenvalue weighted by atomic mass is 10.1. The van der Waals surface area contributed by atoms with Crippen LogP contribution >= 0.6 is 11.6 Å². The van der Waals surface area contributed by atoms with E-state index in [1.54, 1.807) is 24.3 Å². The molecular weight excluding hydrogens is 811 g/mol. The number of hydrogen-bond acceptors (Lipinski definition) is 15. The molecule has 10 N–H and O–H groups in total. The Labute approximate surface area is 353 Å². The third kappa shape index (κ3) is 32.3. The average molecular weight is 880 g/mol. The highest BCUT2D eigenvalue weighted by atomic mass is 35.5. The number of aliphatic hydroxyl groups is 4. The van der Waals surface area contributed by atoms with Gasteiger partial charge in [-0.25, -0.2) is 4.79 Å². The number of aliphatic hydroxyl groups excluding tert-OH is 4. The molecule has 1 saturated heterocycles. The number of rotatable bonds is 27. The maximum absolute atomic E-state index is 11.9. The van der Waals surface area contributed by atoms with E-state index in [4.69, 9.17) is 71.3 Å². The number of quaternary nitrogens is 1. The van der Waals surface area contributed by atoms with Gasteiger partial charge in [0, 0.05) is 58.1 Å². The molecule has 2 aliphatic rings. The number of carboxylic acid groups (broad SMARTS) is 1. The lowest BCUT2D eigenvalue weighted by Gasteiger charge is -2.14. The van der Waals surface area contributed by atoms with Crippen LogP contribution in [0.15, 0.2) is 24.3 Å². The number of amides is 3. The number of carbonyl (C=O) groups excluding carboxylic acids is 3. The van der Waals surface area contributed by atoms with Gasteiger partial charge >= 0.3 is 5.97 Å². The van der Waals surface area contributed by atoms with Crippen LogP contribution in [0.5, 0.6) is 0 Å². The Hall–Kier alpha value is -2.60. The van der Waals surface area contributed by atoms with Gasteiger partial charge in [0.2, 0.25) is 5.91 Å². The number of aliphatic carboxylic acids is 1. The molecule has 2 aliphatic heterocycles. The molecular formula is C37H68Cl2N4O15. The lowest BCUT2D eigenvalue weighted by Crippen LogP contribution is -3.00. The fourth-order valence-electron chi connectivity index (χ4n) is 4.40. The zero-order valence-electron chi connectivity index (χ0n) is 33.8. The second kappa shape index (κ2) is 44.0. The number of nitrogens with zero attached hydrogens (tertiary/aromatic N) is 2. The van der Waals surface area contributed by atoms with Crippen molar-refractivity contribution < 1.29 is 91.3 Å². The summed E-state index contributed by atoms with van der Waals surface area (Å²) in [6.45, 7) is 12.1. The van der Waals surface area contributed by atoms with Gasteiger partial charge in [-0.05, 0) is 31.9 Å². The Bertz CT molecular complexity index is 1070. The summed E-state index contributed by atoms with van der Waals surface area (Å²) < 4.78 is 29.9. The van der Waals surface area contributed by atoms with Gasteiger partial charge in [0.1, 0.15) is 0 Å². The quantitative estimate of drug-likeness (QED) is 0.0250. The van der Waals surface area contributed by atoms with Gasteiger partial charge in [0.05, 0.1) is 104 Å². The Morgan fingerprint density at radius 2 is 1.29 bits per heavy atom. The van der Waals surface area contributed by atoms with Gasteiger partial charge in [-0.1, -0.05) is 12.1 Å².